The van der Waals surface area contributed by atoms with Crippen molar-refractivity contribution in [3.05, 3.63) is 29.8 Å². The first-order chi connectivity index (χ1) is 9.07. The van der Waals surface area contributed by atoms with Crippen LogP contribution in [0.5, 0.6) is 5.75 Å². The summed E-state index contributed by atoms with van der Waals surface area (Å²) < 4.78 is 5.58. The lowest BCUT2D eigenvalue weighted by Gasteiger charge is -2.24. The Hall–Kier alpha value is -1.55. The Labute approximate surface area is 114 Å². The van der Waals surface area contributed by atoms with Gasteiger partial charge in [0.15, 0.2) is 0 Å². The second kappa shape index (κ2) is 6.06. The number of rotatable bonds is 5. The van der Waals surface area contributed by atoms with Crippen molar-refractivity contribution < 1.29 is 9.53 Å². The second-order valence-electron chi connectivity index (χ2n) is 5.45. The zero-order chi connectivity index (χ0) is 13.7. The molecule has 1 aliphatic heterocycles. The van der Waals surface area contributed by atoms with Crippen molar-refractivity contribution in [3.8, 4) is 5.75 Å². The van der Waals surface area contributed by atoms with E-state index in [4.69, 9.17) is 4.74 Å². The molecule has 0 radical (unpaired) electrons. The van der Waals surface area contributed by atoms with Gasteiger partial charge in [-0.2, -0.15) is 0 Å². The molecule has 1 unspecified atom stereocenters. The average molecular weight is 262 g/mol. The molecule has 19 heavy (non-hydrogen) atoms. The van der Waals surface area contributed by atoms with E-state index < -0.39 is 0 Å². The molecule has 0 spiro atoms. The molecule has 0 aliphatic carbocycles. The second-order valence-corrected chi connectivity index (χ2v) is 5.45. The number of carbonyl (C=O) groups is 1. The van der Waals surface area contributed by atoms with Gasteiger partial charge in [-0.3, -0.25) is 4.79 Å². The number of amides is 1. The van der Waals surface area contributed by atoms with Crippen molar-refractivity contribution in [2.45, 2.75) is 32.2 Å². The minimum Gasteiger partial charge on any atom is -0.493 e. The number of carbonyl (C=O) groups excluding carboxylic acids is 1. The molecule has 104 valence electrons. The molecular formula is C15H22N2O2. The van der Waals surface area contributed by atoms with Crippen LogP contribution >= 0.6 is 0 Å². The highest BCUT2D eigenvalue weighted by Crippen LogP contribution is 2.14. The van der Waals surface area contributed by atoms with Gasteiger partial charge in [-0.05, 0) is 44.5 Å². The molecule has 1 aliphatic rings. The van der Waals surface area contributed by atoms with Crippen molar-refractivity contribution >= 4 is 5.91 Å². The minimum atomic E-state index is -0.0968. The molecule has 1 aromatic carbocycles. The van der Waals surface area contributed by atoms with Crippen molar-refractivity contribution in [2.75, 3.05) is 19.7 Å². The number of hydrogen-bond donors (Lipinski definition) is 2. The summed E-state index contributed by atoms with van der Waals surface area (Å²) in [6.07, 6.45) is 1.38. The fraction of sp³-hybridized carbons (Fsp3) is 0.533. The van der Waals surface area contributed by atoms with Crippen molar-refractivity contribution in [1.82, 2.24) is 10.6 Å². The van der Waals surface area contributed by atoms with E-state index in [1.807, 2.05) is 31.2 Å². The van der Waals surface area contributed by atoms with Crippen molar-refractivity contribution in [1.29, 1.82) is 0 Å². The molecule has 0 aromatic heterocycles. The van der Waals surface area contributed by atoms with Crippen LogP contribution in [0.1, 0.15) is 25.3 Å². The van der Waals surface area contributed by atoms with Crippen LogP contribution in [0.15, 0.2) is 24.3 Å². The molecule has 1 fully saturated rings. The lowest BCUT2D eigenvalue weighted by Crippen LogP contribution is -2.47. The Balaban J connectivity index is 1.72. The molecule has 1 heterocycles. The van der Waals surface area contributed by atoms with Gasteiger partial charge < -0.3 is 15.4 Å². The lowest BCUT2D eigenvalue weighted by atomic mass is 10.0. The third-order valence-corrected chi connectivity index (χ3v) is 3.40. The third-order valence-electron chi connectivity index (χ3n) is 3.40. The third kappa shape index (κ3) is 4.24. The fourth-order valence-corrected chi connectivity index (χ4v) is 2.29. The Morgan fingerprint density at radius 2 is 2.37 bits per heavy atom. The molecular weight excluding hydrogens is 240 g/mol. The van der Waals surface area contributed by atoms with Crippen molar-refractivity contribution in [2.24, 2.45) is 0 Å². The number of ether oxygens (including phenoxy) is 1. The minimum absolute atomic E-state index is 0.0545. The zero-order valence-electron chi connectivity index (χ0n) is 11.7. The summed E-state index contributed by atoms with van der Waals surface area (Å²) in [6, 6.07) is 7.86. The monoisotopic (exact) mass is 262 g/mol. The largest absolute Gasteiger partial charge is 0.493 e. The van der Waals surface area contributed by atoms with Gasteiger partial charge in [0.05, 0.1) is 18.6 Å². The van der Waals surface area contributed by atoms with Crippen LogP contribution in [-0.4, -0.2) is 31.1 Å². The summed E-state index contributed by atoms with van der Waals surface area (Å²) in [5.74, 6) is 0.875. The summed E-state index contributed by atoms with van der Waals surface area (Å²) >= 11 is 0. The van der Waals surface area contributed by atoms with E-state index >= 15 is 0 Å². The molecule has 2 N–H and O–H groups in total. The van der Waals surface area contributed by atoms with Gasteiger partial charge in [0.1, 0.15) is 5.75 Å². The topological polar surface area (TPSA) is 50.4 Å². The van der Waals surface area contributed by atoms with Crippen LogP contribution < -0.4 is 15.4 Å². The van der Waals surface area contributed by atoms with Crippen LogP contribution in [0.2, 0.25) is 0 Å². The van der Waals surface area contributed by atoms with E-state index in [1.165, 1.54) is 0 Å². The Morgan fingerprint density at radius 3 is 3.05 bits per heavy atom. The van der Waals surface area contributed by atoms with E-state index in [1.54, 1.807) is 0 Å². The summed E-state index contributed by atoms with van der Waals surface area (Å²) in [5, 5.41) is 6.33. The first kappa shape index (κ1) is 13.9. The highest BCUT2D eigenvalue weighted by atomic mass is 16.5. The SMILES string of the molecule is Cc1cccc(OCCC(=O)NC2(C)CCNC2)c1. The Morgan fingerprint density at radius 1 is 1.53 bits per heavy atom. The molecule has 0 bridgehead atoms. The van der Waals surface area contributed by atoms with Crippen LogP contribution in [-0.2, 0) is 4.79 Å². The van der Waals surface area contributed by atoms with Gasteiger partial charge in [-0.1, -0.05) is 12.1 Å². The van der Waals surface area contributed by atoms with E-state index in [0.717, 1.165) is 30.8 Å². The first-order valence-electron chi connectivity index (χ1n) is 6.79. The zero-order valence-corrected chi connectivity index (χ0v) is 11.7. The summed E-state index contributed by atoms with van der Waals surface area (Å²) in [7, 11) is 0. The molecule has 0 saturated carbocycles. The molecule has 1 saturated heterocycles. The van der Waals surface area contributed by atoms with E-state index in [0.29, 0.717) is 13.0 Å². The average Bonchev–Trinajstić information content (AvgIpc) is 2.75. The molecule has 4 nitrogen and oxygen atoms in total. The number of benzene rings is 1. The maximum atomic E-state index is 11.8. The highest BCUT2D eigenvalue weighted by molar-refractivity contribution is 5.77. The predicted octanol–water partition coefficient (Wildman–Crippen LogP) is 1.63. The first-order valence-corrected chi connectivity index (χ1v) is 6.79. The van der Waals surface area contributed by atoms with Gasteiger partial charge in [0.25, 0.3) is 0 Å². The summed E-state index contributed by atoms with van der Waals surface area (Å²) in [4.78, 5) is 11.8. The van der Waals surface area contributed by atoms with E-state index in [2.05, 4.69) is 17.6 Å². The molecule has 2 rings (SSSR count). The normalized spacial score (nSPS) is 22.2. The summed E-state index contributed by atoms with van der Waals surface area (Å²) in [6.45, 7) is 6.33. The van der Waals surface area contributed by atoms with Gasteiger partial charge in [0, 0.05) is 6.54 Å². The van der Waals surface area contributed by atoms with Crippen LogP contribution in [0.4, 0.5) is 0 Å². The van der Waals surface area contributed by atoms with Gasteiger partial charge in [0.2, 0.25) is 5.91 Å². The molecule has 1 amide bonds. The molecule has 1 atom stereocenters. The maximum Gasteiger partial charge on any atom is 0.223 e. The van der Waals surface area contributed by atoms with Gasteiger partial charge in [-0.15, -0.1) is 0 Å². The van der Waals surface area contributed by atoms with Crippen LogP contribution in [0.3, 0.4) is 0 Å². The number of hydrogen-bond acceptors (Lipinski definition) is 3. The Kier molecular flexibility index (Phi) is 4.43. The summed E-state index contributed by atoms with van der Waals surface area (Å²) in [5.41, 5.74) is 1.06. The smallest absolute Gasteiger partial charge is 0.223 e. The van der Waals surface area contributed by atoms with Gasteiger partial charge >= 0.3 is 0 Å². The Bertz CT molecular complexity index is 440. The molecule has 4 heteroatoms. The van der Waals surface area contributed by atoms with Crippen LogP contribution in [0, 0.1) is 6.92 Å². The quantitative estimate of drug-likeness (QED) is 0.848. The van der Waals surface area contributed by atoms with Gasteiger partial charge in [-0.25, -0.2) is 0 Å². The van der Waals surface area contributed by atoms with Crippen molar-refractivity contribution in [3.63, 3.8) is 0 Å². The number of aryl methyl sites for hydroxylation is 1. The number of nitrogens with one attached hydrogen (secondary N) is 2. The fourth-order valence-electron chi connectivity index (χ4n) is 2.29. The standard InChI is InChI=1S/C15H22N2O2/c1-12-4-3-5-13(10-12)19-9-6-14(18)17-15(2)7-8-16-11-15/h3-5,10,16H,6-9,11H2,1-2H3,(H,17,18). The highest BCUT2D eigenvalue weighted by Gasteiger charge is 2.29. The lowest BCUT2D eigenvalue weighted by molar-refractivity contribution is -0.123. The maximum absolute atomic E-state index is 11.8. The van der Waals surface area contributed by atoms with E-state index in [-0.39, 0.29) is 11.4 Å². The molecule has 1 aromatic rings. The van der Waals surface area contributed by atoms with E-state index in [9.17, 15) is 4.79 Å². The predicted molar refractivity (Wildman–Crippen MR) is 75.3 cm³/mol. The van der Waals surface area contributed by atoms with Crippen LogP contribution in [0.25, 0.3) is 0 Å².